The van der Waals surface area contributed by atoms with Gasteiger partial charge in [0.25, 0.3) is 0 Å². The Balaban J connectivity index is -0.000000105. The van der Waals surface area contributed by atoms with Gasteiger partial charge in [-0.3, -0.25) is 0 Å². The predicted octanol–water partition coefficient (Wildman–Crippen LogP) is -10.4. The van der Waals surface area contributed by atoms with Crippen LogP contribution in [0.5, 0.6) is 0 Å². The molecule has 0 aromatic heterocycles. The van der Waals surface area contributed by atoms with Gasteiger partial charge in [-0.15, -0.1) is 0 Å². The molecule has 0 heterocycles. The van der Waals surface area contributed by atoms with Crippen molar-refractivity contribution in [1.82, 2.24) is 0 Å². The summed E-state index contributed by atoms with van der Waals surface area (Å²) in [6.45, 7) is 2.25. The van der Waals surface area contributed by atoms with Crippen molar-refractivity contribution in [3.05, 3.63) is 0 Å². The van der Waals surface area contributed by atoms with Crippen molar-refractivity contribution >= 4 is 11.9 Å². The fourth-order valence-corrected chi connectivity index (χ4v) is 0.258. The monoisotopic (exact) mass is 286 g/mol. The summed E-state index contributed by atoms with van der Waals surface area (Å²) in [5, 5.41) is 43.6. The Morgan fingerprint density at radius 2 is 1.25 bits per heavy atom. The van der Waals surface area contributed by atoms with Gasteiger partial charge < -0.3 is 35.1 Å². The van der Waals surface area contributed by atoms with Crippen LogP contribution in [0.15, 0.2) is 0 Å². The van der Waals surface area contributed by atoms with Gasteiger partial charge in [-0.25, -0.2) is 0 Å². The Morgan fingerprint density at radius 3 is 1.31 bits per heavy atom. The van der Waals surface area contributed by atoms with Crippen LogP contribution < -0.4 is 113 Å². The van der Waals surface area contributed by atoms with Gasteiger partial charge in [-0.05, 0) is 6.42 Å². The summed E-state index contributed by atoms with van der Waals surface area (Å²) in [6.07, 6.45) is -4.00. The molecule has 0 amide bonds. The first-order valence-corrected chi connectivity index (χ1v) is 3.77. The van der Waals surface area contributed by atoms with Crippen molar-refractivity contribution in [2.75, 3.05) is 6.61 Å². The molecular formula is C7H12K2O7. The number of hydrogen-bond acceptors (Lipinski definition) is 7. The molecular weight excluding hydrogens is 274 g/mol. The molecule has 84 valence electrons. The van der Waals surface area contributed by atoms with E-state index in [1.807, 2.05) is 6.92 Å². The van der Waals surface area contributed by atoms with Gasteiger partial charge in [0.1, 0.15) is 12.2 Å². The molecule has 0 aromatic rings. The second kappa shape index (κ2) is 17.1. The number of aliphatic hydroxyl groups excluding tert-OH is 3. The van der Waals surface area contributed by atoms with E-state index in [1.54, 1.807) is 0 Å². The van der Waals surface area contributed by atoms with Crippen LogP contribution in [0.3, 0.4) is 0 Å². The normalized spacial score (nSPS) is 11.8. The Hall–Kier alpha value is 2.09. The molecule has 16 heavy (non-hydrogen) atoms. The van der Waals surface area contributed by atoms with Crippen molar-refractivity contribution < 1.29 is 138 Å². The third-order valence-electron chi connectivity index (χ3n) is 1.01. The molecule has 0 spiro atoms. The van der Waals surface area contributed by atoms with Gasteiger partial charge in [0.2, 0.25) is 0 Å². The van der Waals surface area contributed by atoms with Crippen LogP contribution in [0.1, 0.15) is 13.3 Å². The number of hydrogen-bond donors (Lipinski definition) is 3. The second-order valence-corrected chi connectivity index (χ2v) is 2.25. The van der Waals surface area contributed by atoms with Crippen molar-refractivity contribution in [2.24, 2.45) is 0 Å². The van der Waals surface area contributed by atoms with Gasteiger partial charge in [0, 0.05) is 6.61 Å². The van der Waals surface area contributed by atoms with Crippen LogP contribution in [-0.4, -0.2) is 46.1 Å². The maximum atomic E-state index is 9.63. The van der Waals surface area contributed by atoms with Crippen LogP contribution in [0, 0.1) is 0 Å². The van der Waals surface area contributed by atoms with E-state index in [-0.39, 0.29) is 103 Å². The molecule has 0 aliphatic heterocycles. The molecule has 7 nitrogen and oxygen atoms in total. The molecule has 9 heteroatoms. The first kappa shape index (κ1) is 26.6. The Morgan fingerprint density at radius 1 is 1.06 bits per heavy atom. The summed E-state index contributed by atoms with van der Waals surface area (Å²) in [5.41, 5.74) is 0. The van der Waals surface area contributed by atoms with E-state index in [0.717, 1.165) is 6.42 Å². The third-order valence-corrected chi connectivity index (χ3v) is 1.01. The molecule has 0 aliphatic rings. The minimum absolute atomic E-state index is 0. The third kappa shape index (κ3) is 16.1. The summed E-state index contributed by atoms with van der Waals surface area (Å²) in [5.74, 6) is -4.12. The number of carboxylic acids is 2. The van der Waals surface area contributed by atoms with Crippen LogP contribution in [0.25, 0.3) is 0 Å². The minimum Gasteiger partial charge on any atom is -0.547 e. The molecule has 2 atom stereocenters. The average Bonchev–Trinajstić information content (AvgIpc) is 2.15. The van der Waals surface area contributed by atoms with Crippen molar-refractivity contribution in [2.45, 2.75) is 25.6 Å². The maximum Gasteiger partial charge on any atom is 1.00 e. The molecule has 0 aromatic carbocycles. The van der Waals surface area contributed by atoms with Gasteiger partial charge in [0.05, 0.1) is 11.9 Å². The number of carbonyl (C=O) groups is 2. The molecule has 2 unspecified atom stereocenters. The summed E-state index contributed by atoms with van der Waals surface area (Å²) in [6, 6.07) is 0. The molecule has 0 saturated carbocycles. The van der Waals surface area contributed by atoms with E-state index in [0.29, 0.717) is 6.61 Å². The van der Waals surface area contributed by atoms with Crippen LogP contribution in [0.4, 0.5) is 0 Å². The molecule has 0 radical (unpaired) electrons. The van der Waals surface area contributed by atoms with Crippen LogP contribution in [0.2, 0.25) is 0 Å². The Labute approximate surface area is 178 Å². The number of aliphatic carboxylic acids is 2. The Kier molecular flexibility index (Phi) is 28.4. The zero-order chi connectivity index (χ0) is 11.7. The molecule has 3 N–H and O–H groups in total. The van der Waals surface area contributed by atoms with E-state index < -0.39 is 24.1 Å². The summed E-state index contributed by atoms with van der Waals surface area (Å²) < 4.78 is 0. The van der Waals surface area contributed by atoms with Gasteiger partial charge in [0.15, 0.2) is 0 Å². The van der Waals surface area contributed by atoms with Gasteiger partial charge >= 0.3 is 103 Å². The largest absolute Gasteiger partial charge is 1.00 e. The fourth-order valence-electron chi connectivity index (χ4n) is 0.258. The predicted molar refractivity (Wildman–Crippen MR) is 39.4 cm³/mol. The maximum absolute atomic E-state index is 9.63. The molecule has 0 fully saturated rings. The Bertz CT molecular complexity index is 168. The number of carbonyl (C=O) groups excluding carboxylic acids is 2. The zero-order valence-electron chi connectivity index (χ0n) is 9.54. The van der Waals surface area contributed by atoms with Gasteiger partial charge in [-0.2, -0.15) is 0 Å². The standard InChI is InChI=1S/C4H6O6.C3H8O.2K/c5-1(3(7)8)2(6)4(9)10;1-2-3-4;;/h1-2,5-6H,(H,7,8)(H,9,10);4H,2-3H2,1H3;;/q;;2*+1/p-2. The first-order chi connectivity index (χ1) is 6.38. The van der Waals surface area contributed by atoms with E-state index in [4.69, 9.17) is 15.3 Å². The average molecular weight is 286 g/mol. The smallest absolute Gasteiger partial charge is 0.547 e. The first-order valence-electron chi connectivity index (χ1n) is 3.77. The topological polar surface area (TPSA) is 141 Å². The fraction of sp³-hybridized carbons (Fsp3) is 0.714. The van der Waals surface area contributed by atoms with Crippen LogP contribution >= 0.6 is 0 Å². The van der Waals surface area contributed by atoms with E-state index in [1.165, 1.54) is 0 Å². The molecule has 0 saturated heterocycles. The second-order valence-electron chi connectivity index (χ2n) is 2.25. The summed E-state index contributed by atoms with van der Waals surface area (Å²) in [4.78, 5) is 19.3. The SMILES string of the molecule is CCCO.O=C([O-])C(O)C(O)C(=O)[O-].[K+].[K+]. The van der Waals surface area contributed by atoms with Crippen LogP contribution in [-0.2, 0) is 9.59 Å². The van der Waals surface area contributed by atoms with Gasteiger partial charge in [-0.1, -0.05) is 6.92 Å². The van der Waals surface area contributed by atoms with Crippen molar-refractivity contribution in [1.29, 1.82) is 0 Å². The van der Waals surface area contributed by atoms with E-state index >= 15 is 0 Å². The number of carboxylic acid groups (broad SMARTS) is 2. The molecule has 0 rings (SSSR count). The van der Waals surface area contributed by atoms with E-state index in [2.05, 4.69) is 0 Å². The molecule has 0 aliphatic carbocycles. The zero-order valence-corrected chi connectivity index (χ0v) is 15.8. The summed E-state index contributed by atoms with van der Waals surface area (Å²) >= 11 is 0. The number of rotatable bonds is 4. The number of aliphatic hydroxyl groups is 3. The quantitative estimate of drug-likeness (QED) is 0.436. The van der Waals surface area contributed by atoms with Crippen molar-refractivity contribution in [3.63, 3.8) is 0 Å². The molecule has 0 bridgehead atoms. The van der Waals surface area contributed by atoms with E-state index in [9.17, 15) is 19.8 Å². The summed E-state index contributed by atoms with van der Waals surface area (Å²) in [7, 11) is 0. The van der Waals surface area contributed by atoms with Crippen molar-refractivity contribution in [3.8, 4) is 0 Å². The minimum atomic E-state index is -2.44.